The average molecular weight is 212 g/mol. The van der Waals surface area contributed by atoms with Crippen LogP contribution in [0.25, 0.3) is 0 Å². The van der Waals surface area contributed by atoms with Crippen LogP contribution in [0, 0.1) is 11.8 Å². The molecule has 1 saturated heterocycles. The van der Waals surface area contributed by atoms with E-state index in [-0.39, 0.29) is 0 Å². The van der Waals surface area contributed by atoms with E-state index in [9.17, 15) is 0 Å². The first kappa shape index (κ1) is 13.0. The highest BCUT2D eigenvalue weighted by Gasteiger charge is 2.13. The first-order valence-corrected chi connectivity index (χ1v) is 6.61. The van der Waals surface area contributed by atoms with Gasteiger partial charge in [0.25, 0.3) is 0 Å². The Hall–Kier alpha value is -0.0800. The van der Waals surface area contributed by atoms with Crippen molar-refractivity contribution >= 4 is 0 Å². The van der Waals surface area contributed by atoms with E-state index in [2.05, 4.69) is 31.0 Å². The van der Waals surface area contributed by atoms with Crippen LogP contribution in [0.3, 0.4) is 0 Å². The predicted molar refractivity (Wildman–Crippen MR) is 67.2 cm³/mol. The van der Waals surface area contributed by atoms with Gasteiger partial charge in [-0.05, 0) is 31.3 Å². The SMILES string of the molecule is CC(C)CCCCN1CCNCC(C)C1. The highest BCUT2D eigenvalue weighted by atomic mass is 15.2. The van der Waals surface area contributed by atoms with Gasteiger partial charge in [-0.15, -0.1) is 0 Å². The zero-order valence-electron chi connectivity index (χ0n) is 10.8. The lowest BCUT2D eigenvalue weighted by Gasteiger charge is -2.21. The van der Waals surface area contributed by atoms with Crippen molar-refractivity contribution in [2.75, 3.05) is 32.7 Å². The molecule has 1 N–H and O–H groups in total. The Balaban J connectivity index is 2.08. The van der Waals surface area contributed by atoms with E-state index in [1.807, 2.05) is 0 Å². The van der Waals surface area contributed by atoms with Gasteiger partial charge >= 0.3 is 0 Å². The van der Waals surface area contributed by atoms with Gasteiger partial charge in [0, 0.05) is 19.6 Å². The maximum absolute atomic E-state index is 3.49. The van der Waals surface area contributed by atoms with Crippen molar-refractivity contribution < 1.29 is 0 Å². The number of nitrogens with one attached hydrogen (secondary N) is 1. The first-order valence-electron chi connectivity index (χ1n) is 6.61. The van der Waals surface area contributed by atoms with Crippen LogP contribution in [-0.4, -0.2) is 37.6 Å². The lowest BCUT2D eigenvalue weighted by Crippen LogP contribution is -2.30. The molecule has 1 aliphatic heterocycles. The van der Waals surface area contributed by atoms with Crippen molar-refractivity contribution in [3.05, 3.63) is 0 Å². The van der Waals surface area contributed by atoms with Crippen LogP contribution in [-0.2, 0) is 0 Å². The Bertz CT molecular complexity index is 157. The van der Waals surface area contributed by atoms with E-state index in [1.165, 1.54) is 52.0 Å². The molecule has 0 spiro atoms. The van der Waals surface area contributed by atoms with Gasteiger partial charge < -0.3 is 10.2 Å². The molecule has 0 amide bonds. The molecule has 2 nitrogen and oxygen atoms in total. The van der Waals surface area contributed by atoms with Gasteiger partial charge in [0.1, 0.15) is 0 Å². The summed E-state index contributed by atoms with van der Waals surface area (Å²) < 4.78 is 0. The maximum atomic E-state index is 3.49. The normalized spacial score (nSPS) is 24.4. The second-order valence-corrected chi connectivity index (χ2v) is 5.50. The number of nitrogens with zero attached hydrogens (tertiary/aromatic N) is 1. The molecule has 15 heavy (non-hydrogen) atoms. The van der Waals surface area contributed by atoms with E-state index in [0.717, 1.165) is 11.8 Å². The zero-order chi connectivity index (χ0) is 11.1. The van der Waals surface area contributed by atoms with Crippen molar-refractivity contribution in [2.45, 2.75) is 40.0 Å². The van der Waals surface area contributed by atoms with Crippen LogP contribution in [0.4, 0.5) is 0 Å². The number of hydrogen-bond acceptors (Lipinski definition) is 2. The fourth-order valence-corrected chi connectivity index (χ4v) is 2.27. The highest BCUT2D eigenvalue weighted by molar-refractivity contribution is 4.70. The maximum Gasteiger partial charge on any atom is 0.0107 e. The van der Waals surface area contributed by atoms with Crippen LogP contribution in [0.1, 0.15) is 40.0 Å². The second-order valence-electron chi connectivity index (χ2n) is 5.50. The molecule has 1 rings (SSSR count). The van der Waals surface area contributed by atoms with E-state index >= 15 is 0 Å². The third-order valence-corrected chi connectivity index (χ3v) is 3.17. The number of rotatable bonds is 5. The van der Waals surface area contributed by atoms with Crippen molar-refractivity contribution in [2.24, 2.45) is 11.8 Å². The van der Waals surface area contributed by atoms with Crippen LogP contribution in [0.15, 0.2) is 0 Å². The van der Waals surface area contributed by atoms with Gasteiger partial charge in [0.15, 0.2) is 0 Å². The minimum atomic E-state index is 0.817. The lowest BCUT2D eigenvalue weighted by molar-refractivity contribution is 0.257. The topological polar surface area (TPSA) is 15.3 Å². The average Bonchev–Trinajstić information content (AvgIpc) is 2.37. The predicted octanol–water partition coefficient (Wildman–Crippen LogP) is 2.35. The molecule has 90 valence electrons. The summed E-state index contributed by atoms with van der Waals surface area (Å²) in [6.07, 6.45) is 4.17. The molecular weight excluding hydrogens is 184 g/mol. The molecule has 1 unspecified atom stereocenters. The largest absolute Gasteiger partial charge is 0.315 e. The summed E-state index contributed by atoms with van der Waals surface area (Å²) in [6.45, 7) is 13.2. The summed E-state index contributed by atoms with van der Waals surface area (Å²) in [7, 11) is 0. The quantitative estimate of drug-likeness (QED) is 0.704. The molecule has 0 aromatic heterocycles. The Morgan fingerprint density at radius 1 is 1.33 bits per heavy atom. The van der Waals surface area contributed by atoms with E-state index in [4.69, 9.17) is 0 Å². The smallest absolute Gasteiger partial charge is 0.0107 e. The van der Waals surface area contributed by atoms with Crippen molar-refractivity contribution in [1.82, 2.24) is 10.2 Å². The van der Waals surface area contributed by atoms with Crippen LogP contribution in [0.5, 0.6) is 0 Å². The van der Waals surface area contributed by atoms with Crippen LogP contribution in [0.2, 0.25) is 0 Å². The number of hydrogen-bond donors (Lipinski definition) is 1. The fraction of sp³-hybridized carbons (Fsp3) is 1.00. The summed E-state index contributed by atoms with van der Waals surface area (Å²) in [5.74, 6) is 1.69. The zero-order valence-corrected chi connectivity index (χ0v) is 10.8. The summed E-state index contributed by atoms with van der Waals surface area (Å²) >= 11 is 0. The van der Waals surface area contributed by atoms with E-state index in [1.54, 1.807) is 0 Å². The molecular formula is C13H28N2. The molecule has 1 fully saturated rings. The Morgan fingerprint density at radius 3 is 2.87 bits per heavy atom. The Labute approximate surface area is 95.4 Å². The van der Waals surface area contributed by atoms with Crippen molar-refractivity contribution in [1.29, 1.82) is 0 Å². The second kappa shape index (κ2) is 7.24. The fourth-order valence-electron chi connectivity index (χ4n) is 2.27. The van der Waals surface area contributed by atoms with Gasteiger partial charge in [0.2, 0.25) is 0 Å². The van der Waals surface area contributed by atoms with Gasteiger partial charge in [-0.25, -0.2) is 0 Å². The minimum Gasteiger partial charge on any atom is -0.315 e. The first-order chi connectivity index (χ1) is 7.18. The van der Waals surface area contributed by atoms with Crippen molar-refractivity contribution in [3.8, 4) is 0 Å². The van der Waals surface area contributed by atoms with Gasteiger partial charge in [0.05, 0.1) is 0 Å². The van der Waals surface area contributed by atoms with Gasteiger partial charge in [-0.1, -0.05) is 33.6 Å². The molecule has 0 radical (unpaired) electrons. The van der Waals surface area contributed by atoms with Gasteiger partial charge in [-0.2, -0.15) is 0 Å². The minimum absolute atomic E-state index is 0.817. The molecule has 0 aliphatic carbocycles. The lowest BCUT2D eigenvalue weighted by atomic mass is 10.1. The van der Waals surface area contributed by atoms with Crippen LogP contribution >= 0.6 is 0 Å². The molecule has 1 heterocycles. The summed E-state index contributed by atoms with van der Waals surface area (Å²) in [4.78, 5) is 2.63. The molecule has 1 aliphatic rings. The third kappa shape index (κ3) is 6.16. The highest BCUT2D eigenvalue weighted by Crippen LogP contribution is 2.08. The monoisotopic (exact) mass is 212 g/mol. The molecule has 2 heteroatoms. The van der Waals surface area contributed by atoms with E-state index in [0.29, 0.717) is 0 Å². The molecule has 0 saturated carbocycles. The molecule has 0 aromatic rings. The summed E-state index contributed by atoms with van der Waals surface area (Å²) in [5.41, 5.74) is 0. The van der Waals surface area contributed by atoms with Crippen LogP contribution < -0.4 is 5.32 Å². The molecule has 1 atom stereocenters. The molecule has 0 aromatic carbocycles. The molecule has 0 bridgehead atoms. The number of unbranched alkanes of at least 4 members (excludes halogenated alkanes) is 1. The van der Waals surface area contributed by atoms with E-state index < -0.39 is 0 Å². The standard InChI is InChI=1S/C13H28N2/c1-12(2)6-4-5-8-15-9-7-14-10-13(3)11-15/h12-14H,4-11H2,1-3H3. The Kier molecular flexibility index (Phi) is 6.26. The van der Waals surface area contributed by atoms with Gasteiger partial charge in [-0.3, -0.25) is 0 Å². The third-order valence-electron chi connectivity index (χ3n) is 3.17. The van der Waals surface area contributed by atoms with Crippen molar-refractivity contribution in [3.63, 3.8) is 0 Å². The Morgan fingerprint density at radius 2 is 2.13 bits per heavy atom. The summed E-state index contributed by atoms with van der Waals surface area (Å²) in [6, 6.07) is 0. The summed E-state index contributed by atoms with van der Waals surface area (Å²) in [5, 5.41) is 3.49.